The third kappa shape index (κ3) is 1.20. The van der Waals surface area contributed by atoms with Gasteiger partial charge in [-0.3, -0.25) is 0 Å². The van der Waals surface area contributed by atoms with Crippen LogP contribution in [0.15, 0.2) is 0 Å². The average Bonchev–Trinajstić information content (AvgIpc) is 2.19. The Morgan fingerprint density at radius 1 is 1.20 bits per heavy atom. The molecule has 1 unspecified atom stereocenters. The molecule has 0 aromatic carbocycles. The first-order valence-electron chi connectivity index (χ1n) is 4.01. The zero-order valence-corrected chi connectivity index (χ0v) is 8.97. The Bertz CT molecular complexity index is 133. The second-order valence-corrected chi connectivity index (χ2v) is 4.29. The fourth-order valence-corrected chi connectivity index (χ4v) is 2.66. The van der Waals surface area contributed by atoms with E-state index in [1.54, 1.807) is 0 Å². The van der Waals surface area contributed by atoms with Crippen LogP contribution >= 0.6 is 0 Å². The third-order valence-electron chi connectivity index (χ3n) is 3.23. The molecule has 0 amide bonds. The van der Waals surface area contributed by atoms with Gasteiger partial charge < -0.3 is 28.5 Å². The number of quaternary nitrogens is 1. The van der Waals surface area contributed by atoms with Crippen molar-refractivity contribution in [2.24, 2.45) is 5.92 Å². The number of rotatable bonds is 0. The van der Waals surface area contributed by atoms with E-state index in [2.05, 4.69) is 14.1 Å². The summed E-state index contributed by atoms with van der Waals surface area (Å²) in [7, 11) is 4.76. The number of hydrogen-bond donors (Lipinski definition) is 0. The van der Waals surface area contributed by atoms with Gasteiger partial charge in [0.1, 0.15) is 0 Å². The van der Waals surface area contributed by atoms with Gasteiger partial charge in [-0.15, -0.1) is 0 Å². The minimum Gasteiger partial charge on any atom is -1.00 e. The molecule has 2 bridgehead atoms. The van der Waals surface area contributed by atoms with E-state index in [-0.39, 0.29) is 24.0 Å². The molecule has 2 fully saturated rings. The lowest BCUT2D eigenvalue weighted by molar-refractivity contribution is -0.907. The second kappa shape index (κ2) is 2.63. The molecule has 1 heterocycles. The molecule has 2 heteroatoms. The molecule has 1 aliphatic carbocycles. The topological polar surface area (TPSA) is 0 Å². The highest BCUT2D eigenvalue weighted by Crippen LogP contribution is 2.40. The summed E-state index contributed by atoms with van der Waals surface area (Å²) < 4.78 is 1.31. The molecule has 1 saturated carbocycles. The van der Waals surface area contributed by atoms with Crippen LogP contribution < -0.4 is 24.0 Å². The maximum absolute atomic E-state index is 2.38. The predicted octanol–water partition coefficient (Wildman–Crippen LogP) is -1.75. The van der Waals surface area contributed by atoms with Crippen molar-refractivity contribution in [3.63, 3.8) is 0 Å². The quantitative estimate of drug-likeness (QED) is 0.355. The summed E-state index contributed by atoms with van der Waals surface area (Å²) in [6.07, 6.45) is 4.54. The SMILES string of the molecule is C[N+]1(C)CC2CC[C@@H]1C2.[I-]. The predicted molar refractivity (Wildman–Crippen MR) is 38.1 cm³/mol. The smallest absolute Gasteiger partial charge is 0.0891 e. The zero-order valence-electron chi connectivity index (χ0n) is 6.81. The minimum absolute atomic E-state index is 0. The summed E-state index contributed by atoms with van der Waals surface area (Å²) in [5.41, 5.74) is 0. The van der Waals surface area contributed by atoms with Gasteiger partial charge in [0.2, 0.25) is 0 Å². The maximum atomic E-state index is 2.38. The summed E-state index contributed by atoms with van der Waals surface area (Å²) in [6.45, 7) is 1.45. The molecule has 0 radical (unpaired) electrons. The first-order chi connectivity index (χ1) is 4.18. The van der Waals surface area contributed by atoms with Gasteiger partial charge in [-0.2, -0.15) is 0 Å². The van der Waals surface area contributed by atoms with Crippen LogP contribution in [0.1, 0.15) is 19.3 Å². The van der Waals surface area contributed by atoms with Gasteiger partial charge in [0, 0.05) is 12.3 Å². The van der Waals surface area contributed by atoms with Gasteiger partial charge in [0.15, 0.2) is 0 Å². The highest BCUT2D eigenvalue weighted by atomic mass is 127. The molecular weight excluding hydrogens is 237 g/mol. The summed E-state index contributed by atoms with van der Waals surface area (Å²) in [5, 5.41) is 0. The first-order valence-corrected chi connectivity index (χ1v) is 4.01. The number of halogens is 1. The van der Waals surface area contributed by atoms with E-state index >= 15 is 0 Å². The molecule has 0 spiro atoms. The van der Waals surface area contributed by atoms with Crippen LogP contribution in [0.3, 0.4) is 0 Å². The summed E-state index contributed by atoms with van der Waals surface area (Å²) in [5.74, 6) is 1.09. The van der Waals surface area contributed by atoms with Crippen molar-refractivity contribution in [1.29, 1.82) is 0 Å². The van der Waals surface area contributed by atoms with Crippen molar-refractivity contribution in [3.8, 4) is 0 Å². The van der Waals surface area contributed by atoms with Gasteiger partial charge in [-0.1, -0.05) is 0 Å². The highest BCUT2D eigenvalue weighted by Gasteiger charge is 2.45. The van der Waals surface area contributed by atoms with Crippen LogP contribution in [0.25, 0.3) is 0 Å². The molecule has 0 aromatic heterocycles. The number of nitrogens with zero attached hydrogens (tertiary/aromatic N) is 1. The molecule has 0 aromatic rings. The third-order valence-corrected chi connectivity index (χ3v) is 3.23. The second-order valence-electron chi connectivity index (χ2n) is 4.29. The van der Waals surface area contributed by atoms with Crippen LogP contribution in [0.2, 0.25) is 0 Å². The van der Waals surface area contributed by atoms with Gasteiger partial charge in [-0.25, -0.2) is 0 Å². The van der Waals surface area contributed by atoms with E-state index in [1.165, 1.54) is 30.3 Å². The molecule has 10 heavy (non-hydrogen) atoms. The number of hydrogen-bond acceptors (Lipinski definition) is 0. The zero-order chi connectivity index (χ0) is 6.48. The van der Waals surface area contributed by atoms with Crippen molar-refractivity contribution < 1.29 is 28.5 Å². The summed E-state index contributed by atoms with van der Waals surface area (Å²) >= 11 is 0. The van der Waals surface area contributed by atoms with E-state index in [4.69, 9.17) is 0 Å². The maximum Gasteiger partial charge on any atom is 0.0891 e. The van der Waals surface area contributed by atoms with Crippen LogP contribution in [-0.4, -0.2) is 31.2 Å². The average molecular weight is 253 g/mol. The molecule has 2 rings (SSSR count). The molecule has 0 N–H and O–H groups in total. The number of piperidine rings is 1. The molecular formula is C8H16IN. The molecule has 1 aliphatic heterocycles. The van der Waals surface area contributed by atoms with Crippen molar-refractivity contribution in [2.45, 2.75) is 25.3 Å². The lowest BCUT2D eigenvalue weighted by atomic mass is 10.1. The molecule has 2 atom stereocenters. The molecule has 60 valence electrons. The molecule has 2 aliphatic rings. The number of likely N-dealkylation sites (tertiary alicyclic amines) is 1. The molecule has 1 saturated heterocycles. The van der Waals surface area contributed by atoms with E-state index in [0.29, 0.717) is 0 Å². The van der Waals surface area contributed by atoms with Crippen LogP contribution in [0.4, 0.5) is 0 Å². The Balaban J connectivity index is 0.000000500. The first kappa shape index (κ1) is 8.78. The minimum atomic E-state index is 0. The fraction of sp³-hybridized carbons (Fsp3) is 1.00. The standard InChI is InChI=1S/C8H16N.HI/c1-9(2)6-7-3-4-8(9)5-7;/h7-8H,3-6H2,1-2H3;1H/q+1;/p-1/t7?,8-;/m1./s1. The number of fused-ring (bicyclic) bond motifs is 2. The van der Waals surface area contributed by atoms with Crippen molar-refractivity contribution in [2.75, 3.05) is 20.6 Å². The highest BCUT2D eigenvalue weighted by molar-refractivity contribution is 4.82. The molecule has 1 nitrogen and oxygen atoms in total. The van der Waals surface area contributed by atoms with Crippen LogP contribution in [-0.2, 0) is 0 Å². The van der Waals surface area contributed by atoms with Crippen molar-refractivity contribution >= 4 is 0 Å². The summed E-state index contributed by atoms with van der Waals surface area (Å²) in [6, 6.07) is 1.02. The largest absolute Gasteiger partial charge is 1.00 e. The Kier molecular flexibility index (Phi) is 2.31. The van der Waals surface area contributed by atoms with Gasteiger partial charge in [-0.05, 0) is 12.8 Å². The summed E-state index contributed by atoms with van der Waals surface area (Å²) in [4.78, 5) is 0. The van der Waals surface area contributed by atoms with Crippen molar-refractivity contribution in [1.82, 2.24) is 0 Å². The van der Waals surface area contributed by atoms with E-state index in [1.807, 2.05) is 0 Å². The van der Waals surface area contributed by atoms with Gasteiger partial charge in [0.25, 0.3) is 0 Å². The van der Waals surface area contributed by atoms with E-state index in [0.717, 1.165) is 12.0 Å². The Morgan fingerprint density at radius 2 is 1.90 bits per heavy atom. The van der Waals surface area contributed by atoms with Crippen LogP contribution in [0, 0.1) is 5.92 Å². The monoisotopic (exact) mass is 253 g/mol. The normalized spacial score (nSPS) is 41.4. The van der Waals surface area contributed by atoms with Crippen LogP contribution in [0.5, 0.6) is 0 Å². The Morgan fingerprint density at radius 3 is 2.10 bits per heavy atom. The van der Waals surface area contributed by atoms with E-state index in [9.17, 15) is 0 Å². The lowest BCUT2D eigenvalue weighted by Crippen LogP contribution is -3.00. The van der Waals surface area contributed by atoms with Gasteiger partial charge >= 0.3 is 0 Å². The fourth-order valence-electron chi connectivity index (χ4n) is 2.66. The van der Waals surface area contributed by atoms with E-state index < -0.39 is 0 Å². The lowest BCUT2D eigenvalue weighted by Gasteiger charge is -2.33. The Labute approximate surface area is 80.4 Å². The Hall–Kier alpha value is 0.690. The van der Waals surface area contributed by atoms with Gasteiger partial charge in [0.05, 0.1) is 26.7 Å². The van der Waals surface area contributed by atoms with Crippen molar-refractivity contribution in [3.05, 3.63) is 0 Å².